The van der Waals surface area contributed by atoms with Crippen molar-refractivity contribution in [1.29, 1.82) is 0 Å². The minimum absolute atomic E-state index is 0.120. The molecule has 3 atom stereocenters. The molecule has 1 aromatic rings. The monoisotopic (exact) mass is 469 g/mol. The molecule has 2 N–H and O–H groups in total. The zero-order valence-electron chi connectivity index (χ0n) is 18.0. The molecule has 3 heterocycles. The molecule has 2 fully saturated rings. The minimum Gasteiger partial charge on any atom is -0.345 e. The van der Waals surface area contributed by atoms with E-state index in [9.17, 15) is 4.39 Å². The molecule has 1 aromatic carbocycles. The number of hydroxylamine groups is 1. The maximum atomic E-state index is 14.0. The summed E-state index contributed by atoms with van der Waals surface area (Å²) in [6.45, 7) is 10.2. The summed E-state index contributed by atoms with van der Waals surface area (Å²) in [5.41, 5.74) is 5.04. The van der Waals surface area contributed by atoms with Gasteiger partial charge in [0.2, 0.25) is 0 Å². The van der Waals surface area contributed by atoms with Gasteiger partial charge in [0.1, 0.15) is 18.2 Å². The van der Waals surface area contributed by atoms with Crippen molar-refractivity contribution in [1.82, 2.24) is 15.3 Å². The van der Waals surface area contributed by atoms with Crippen molar-refractivity contribution in [2.24, 2.45) is 16.8 Å². The van der Waals surface area contributed by atoms with Crippen LogP contribution in [-0.2, 0) is 4.84 Å². The number of hydrogen-bond donors (Lipinski definition) is 2. The van der Waals surface area contributed by atoms with Gasteiger partial charge in [0.05, 0.1) is 18.2 Å². The Morgan fingerprint density at radius 1 is 1.24 bits per heavy atom. The van der Waals surface area contributed by atoms with E-state index in [4.69, 9.17) is 4.84 Å². The molecular formula is C21H33BrFN5O. The van der Waals surface area contributed by atoms with Gasteiger partial charge in [-0.2, -0.15) is 5.48 Å². The Labute approximate surface area is 182 Å². The van der Waals surface area contributed by atoms with Crippen LogP contribution in [0.15, 0.2) is 21.6 Å². The van der Waals surface area contributed by atoms with Crippen LogP contribution in [0.1, 0.15) is 52.3 Å². The summed E-state index contributed by atoms with van der Waals surface area (Å²) in [4.78, 5) is 15.0. The number of aliphatic imine (C=N–C) groups is 1. The number of benzene rings is 1. The highest BCUT2D eigenvalue weighted by molar-refractivity contribution is 9.10. The molecule has 0 radical (unpaired) electrons. The van der Waals surface area contributed by atoms with Crippen LogP contribution < -0.4 is 10.8 Å². The molecule has 6 nitrogen and oxygen atoms in total. The standard InChI is InChI=1S/C19H27BrFN5O.C2H6/c1-11(2)19-25(3)17(24-27-19)12-4-6-26(7-5-12)18-14-8-13(21)9-15(20)16(14)22-10-23-18;1-2/h8-12,17-19,24H,4-7H2,1-3H3,(H,22,23);1-2H3. The van der Waals surface area contributed by atoms with Gasteiger partial charge < -0.3 is 5.32 Å². The summed E-state index contributed by atoms with van der Waals surface area (Å²) in [5, 5.41) is 3.14. The van der Waals surface area contributed by atoms with Crippen molar-refractivity contribution >= 4 is 28.0 Å². The summed E-state index contributed by atoms with van der Waals surface area (Å²) in [6, 6.07) is 3.08. The van der Waals surface area contributed by atoms with Gasteiger partial charge >= 0.3 is 0 Å². The molecule has 0 spiro atoms. The molecule has 162 valence electrons. The van der Waals surface area contributed by atoms with Gasteiger partial charge in [-0.05, 0) is 59.8 Å². The number of likely N-dealkylation sites (tertiary alicyclic amines) is 1. The fourth-order valence-corrected chi connectivity index (χ4v) is 5.03. The van der Waals surface area contributed by atoms with E-state index in [1.165, 1.54) is 6.07 Å². The third kappa shape index (κ3) is 4.66. The first kappa shape index (κ1) is 22.6. The van der Waals surface area contributed by atoms with Gasteiger partial charge in [-0.25, -0.2) is 4.39 Å². The topological polar surface area (TPSA) is 52.1 Å². The van der Waals surface area contributed by atoms with Gasteiger partial charge in [-0.15, -0.1) is 0 Å². The highest BCUT2D eigenvalue weighted by Crippen LogP contribution is 2.39. The zero-order valence-corrected chi connectivity index (χ0v) is 19.5. The van der Waals surface area contributed by atoms with Crippen LogP contribution >= 0.6 is 15.9 Å². The Morgan fingerprint density at radius 3 is 2.55 bits per heavy atom. The van der Waals surface area contributed by atoms with E-state index in [-0.39, 0.29) is 24.4 Å². The van der Waals surface area contributed by atoms with E-state index in [1.807, 2.05) is 13.8 Å². The SMILES string of the molecule is CC.CC(C)C1ONC(C2CCN(C3N=CNc4c(Br)cc(F)cc43)CC2)N1C. The van der Waals surface area contributed by atoms with Crippen molar-refractivity contribution < 1.29 is 9.23 Å². The van der Waals surface area contributed by atoms with Crippen molar-refractivity contribution in [3.8, 4) is 0 Å². The number of anilines is 1. The number of nitrogens with zero attached hydrogens (tertiary/aromatic N) is 3. The average molecular weight is 470 g/mol. The summed E-state index contributed by atoms with van der Waals surface area (Å²) < 4.78 is 14.7. The first-order chi connectivity index (χ1) is 14.0. The molecule has 3 unspecified atom stereocenters. The molecule has 0 bridgehead atoms. The Kier molecular flexibility index (Phi) is 7.67. The van der Waals surface area contributed by atoms with E-state index < -0.39 is 0 Å². The molecule has 8 heteroatoms. The van der Waals surface area contributed by atoms with Crippen LogP contribution in [0.25, 0.3) is 0 Å². The third-order valence-electron chi connectivity index (χ3n) is 5.87. The Bertz CT molecular complexity index is 723. The largest absolute Gasteiger partial charge is 0.345 e. The molecule has 3 aliphatic rings. The smallest absolute Gasteiger partial charge is 0.135 e. The van der Waals surface area contributed by atoms with Gasteiger partial charge in [-0.1, -0.05) is 27.7 Å². The fourth-order valence-electron chi connectivity index (χ4n) is 4.47. The molecule has 3 aliphatic heterocycles. The molecule has 29 heavy (non-hydrogen) atoms. The number of nitrogens with one attached hydrogen (secondary N) is 2. The van der Waals surface area contributed by atoms with E-state index in [0.717, 1.165) is 41.7 Å². The van der Waals surface area contributed by atoms with E-state index in [0.29, 0.717) is 11.8 Å². The second-order valence-electron chi connectivity index (χ2n) is 8.00. The summed E-state index contributed by atoms with van der Waals surface area (Å²) in [5.74, 6) is 0.731. The average Bonchev–Trinajstić information content (AvgIpc) is 3.11. The van der Waals surface area contributed by atoms with Crippen LogP contribution in [0.4, 0.5) is 10.1 Å². The first-order valence-electron chi connectivity index (χ1n) is 10.6. The van der Waals surface area contributed by atoms with Crippen LogP contribution in [-0.4, -0.2) is 48.7 Å². The second kappa shape index (κ2) is 9.83. The molecule has 2 saturated heterocycles. The molecule has 0 amide bonds. The highest BCUT2D eigenvalue weighted by Gasteiger charge is 2.40. The number of rotatable bonds is 3. The predicted octanol–water partition coefficient (Wildman–Crippen LogP) is 4.55. The molecular weight excluding hydrogens is 437 g/mol. The Morgan fingerprint density at radius 2 is 1.93 bits per heavy atom. The lowest BCUT2D eigenvalue weighted by Gasteiger charge is -2.40. The lowest BCUT2D eigenvalue weighted by molar-refractivity contribution is -0.0318. The quantitative estimate of drug-likeness (QED) is 0.679. The molecule has 4 rings (SSSR count). The summed E-state index contributed by atoms with van der Waals surface area (Å²) >= 11 is 3.45. The molecule has 0 aromatic heterocycles. The third-order valence-corrected chi connectivity index (χ3v) is 6.50. The highest BCUT2D eigenvalue weighted by atomic mass is 79.9. The van der Waals surface area contributed by atoms with Crippen LogP contribution in [0.5, 0.6) is 0 Å². The second-order valence-corrected chi connectivity index (χ2v) is 8.86. The first-order valence-corrected chi connectivity index (χ1v) is 11.4. The number of fused-ring (bicyclic) bond motifs is 1. The zero-order chi connectivity index (χ0) is 21.1. The molecule has 0 aliphatic carbocycles. The molecule has 0 saturated carbocycles. The van der Waals surface area contributed by atoms with Crippen LogP contribution in [0.3, 0.4) is 0 Å². The van der Waals surface area contributed by atoms with Gasteiger partial charge in [0, 0.05) is 23.1 Å². The van der Waals surface area contributed by atoms with Crippen molar-refractivity contribution in [2.45, 2.75) is 59.1 Å². The number of piperidine rings is 1. The maximum Gasteiger partial charge on any atom is 0.135 e. The van der Waals surface area contributed by atoms with Crippen LogP contribution in [0, 0.1) is 17.7 Å². The van der Waals surface area contributed by atoms with Crippen molar-refractivity contribution in [3.05, 3.63) is 28.0 Å². The van der Waals surface area contributed by atoms with E-state index in [1.54, 1.807) is 12.4 Å². The van der Waals surface area contributed by atoms with E-state index in [2.05, 4.69) is 62.4 Å². The van der Waals surface area contributed by atoms with Crippen LogP contribution in [0.2, 0.25) is 0 Å². The Hall–Kier alpha value is -1.06. The lowest BCUT2D eigenvalue weighted by Crippen LogP contribution is -2.48. The van der Waals surface area contributed by atoms with Gasteiger partial charge in [0.15, 0.2) is 0 Å². The van der Waals surface area contributed by atoms with Gasteiger partial charge in [-0.3, -0.25) is 19.6 Å². The number of halogens is 2. The normalized spacial score (nSPS) is 28.1. The fraction of sp³-hybridized carbons (Fsp3) is 0.667. The predicted molar refractivity (Wildman–Crippen MR) is 119 cm³/mol. The maximum absolute atomic E-state index is 14.0. The lowest BCUT2D eigenvalue weighted by atomic mass is 9.92. The summed E-state index contributed by atoms with van der Waals surface area (Å²) in [6.07, 6.45) is 4.06. The van der Waals surface area contributed by atoms with E-state index >= 15 is 0 Å². The van der Waals surface area contributed by atoms with Crippen molar-refractivity contribution in [2.75, 3.05) is 25.5 Å². The van der Waals surface area contributed by atoms with Crippen molar-refractivity contribution in [3.63, 3.8) is 0 Å². The van der Waals surface area contributed by atoms with Gasteiger partial charge in [0.25, 0.3) is 0 Å². The summed E-state index contributed by atoms with van der Waals surface area (Å²) in [7, 11) is 2.13. The minimum atomic E-state index is -0.243. The number of hydrogen-bond acceptors (Lipinski definition) is 6. The Balaban J connectivity index is 0.00000117.